The Hall–Kier alpha value is -1.92. The topological polar surface area (TPSA) is 63.3 Å². The van der Waals surface area contributed by atoms with E-state index in [1.807, 2.05) is 10.7 Å². The van der Waals surface area contributed by atoms with E-state index >= 15 is 0 Å². The summed E-state index contributed by atoms with van der Waals surface area (Å²) in [7, 11) is 0. The number of unbranched alkanes of at least 4 members (excludes halogenated alkanes) is 8. The number of allylic oxidation sites excluding steroid dienone is 1. The second-order valence-corrected chi connectivity index (χ2v) is 9.87. The first kappa shape index (κ1) is 25.7. The Morgan fingerprint density at radius 2 is 1.76 bits per heavy atom. The van der Waals surface area contributed by atoms with E-state index in [2.05, 4.69) is 53.5 Å². The quantitative estimate of drug-likeness (QED) is 0.217. The summed E-state index contributed by atoms with van der Waals surface area (Å²) < 4.78 is 1.94. The predicted molar refractivity (Wildman–Crippen MR) is 139 cm³/mol. The molecule has 180 valence electrons. The average Bonchev–Trinajstić information content (AvgIpc) is 3.25. The van der Waals surface area contributed by atoms with Gasteiger partial charge in [-0.15, -0.1) is 10.2 Å². The molecular weight excluding hydrogens is 428 g/mol. The summed E-state index contributed by atoms with van der Waals surface area (Å²) in [5.41, 5.74) is 2.26. The Labute approximate surface area is 203 Å². The molecule has 1 aromatic heterocycles. The van der Waals surface area contributed by atoms with E-state index < -0.39 is 0 Å². The van der Waals surface area contributed by atoms with Gasteiger partial charge in [0.1, 0.15) is 0 Å². The lowest BCUT2D eigenvalue weighted by Gasteiger charge is -2.13. The van der Waals surface area contributed by atoms with Crippen LogP contribution in [0.3, 0.4) is 0 Å². The number of aromatic nitrogens is 3. The first-order valence-corrected chi connectivity index (χ1v) is 13.8. The van der Waals surface area contributed by atoms with Gasteiger partial charge in [0.2, 0.25) is 5.16 Å². The Balaban J connectivity index is 1.27. The van der Waals surface area contributed by atoms with Crippen LogP contribution in [0.25, 0.3) is 0 Å². The predicted octanol–water partition coefficient (Wildman–Crippen LogP) is 6.80. The number of fused-ring (bicyclic) bond motifs is 1. The van der Waals surface area contributed by atoms with Crippen molar-refractivity contribution >= 4 is 17.5 Å². The van der Waals surface area contributed by atoms with Gasteiger partial charge < -0.3 is 5.11 Å². The third kappa shape index (κ3) is 9.09. The summed E-state index contributed by atoms with van der Waals surface area (Å²) in [5.74, 6) is 1.82. The summed E-state index contributed by atoms with van der Waals surface area (Å²) in [6, 6.07) is 10.4. The van der Waals surface area contributed by atoms with Crippen molar-refractivity contribution in [2.45, 2.75) is 102 Å². The number of aliphatic hydroxyl groups excluding tert-OH is 1. The maximum absolute atomic E-state index is 10.0. The second-order valence-electron chi connectivity index (χ2n) is 8.93. The zero-order chi connectivity index (χ0) is 23.1. The normalized spacial score (nSPS) is 14.4. The SMILES string of the molecule is CCCCCC[C@@H](O)C/C=C\CCCCCCCc1nnc2n1N=C(c1ccccc1)CS2. The van der Waals surface area contributed by atoms with Crippen molar-refractivity contribution in [2.75, 3.05) is 5.75 Å². The number of benzene rings is 1. The molecule has 0 saturated carbocycles. The highest BCUT2D eigenvalue weighted by atomic mass is 32.2. The zero-order valence-corrected chi connectivity index (χ0v) is 21.0. The lowest BCUT2D eigenvalue weighted by atomic mass is 10.1. The van der Waals surface area contributed by atoms with Crippen LogP contribution in [0.1, 0.15) is 95.4 Å². The monoisotopic (exact) mass is 468 g/mol. The standard InChI is InChI=1S/C27H40N4OS/c1-2-3-4-14-19-24(32)20-15-9-7-5-6-8-10-16-21-26-28-29-27-31(26)30-25(22-33-27)23-17-12-11-13-18-23/h9,11-13,15,17-18,24,32H,2-8,10,14,16,19-22H2,1H3/b15-9-/t24-/m1/s1. The highest BCUT2D eigenvalue weighted by Gasteiger charge is 2.19. The molecule has 1 N–H and O–H groups in total. The maximum atomic E-state index is 10.0. The van der Waals surface area contributed by atoms with Gasteiger partial charge in [-0.05, 0) is 37.7 Å². The number of aliphatic hydroxyl groups is 1. The molecule has 1 aliphatic heterocycles. The largest absolute Gasteiger partial charge is 0.393 e. The molecule has 0 aliphatic carbocycles. The fourth-order valence-corrected chi connectivity index (χ4v) is 4.92. The molecule has 33 heavy (non-hydrogen) atoms. The first-order chi connectivity index (χ1) is 16.3. The molecule has 5 nitrogen and oxygen atoms in total. The average molecular weight is 469 g/mol. The van der Waals surface area contributed by atoms with Crippen molar-refractivity contribution in [2.24, 2.45) is 5.10 Å². The minimum absolute atomic E-state index is 0.160. The van der Waals surface area contributed by atoms with Crippen LogP contribution in [0.15, 0.2) is 52.7 Å². The minimum Gasteiger partial charge on any atom is -0.393 e. The highest BCUT2D eigenvalue weighted by Crippen LogP contribution is 2.24. The molecule has 1 aliphatic rings. The van der Waals surface area contributed by atoms with E-state index in [0.717, 1.165) is 61.0 Å². The third-order valence-corrected chi connectivity index (χ3v) is 7.01. The number of hydrogen-bond donors (Lipinski definition) is 1. The number of rotatable bonds is 16. The van der Waals surface area contributed by atoms with E-state index in [9.17, 15) is 5.11 Å². The van der Waals surface area contributed by atoms with E-state index in [1.165, 1.54) is 50.5 Å². The molecule has 2 heterocycles. The second kappa shape index (κ2) is 15.1. The third-order valence-electron chi connectivity index (χ3n) is 6.08. The number of aryl methyl sites for hydroxylation is 1. The van der Waals surface area contributed by atoms with Crippen LogP contribution in [0.4, 0.5) is 0 Å². The summed E-state index contributed by atoms with van der Waals surface area (Å²) in [5, 5.41) is 24.5. The number of thioether (sulfide) groups is 1. The van der Waals surface area contributed by atoms with E-state index in [0.29, 0.717) is 0 Å². The van der Waals surface area contributed by atoms with Crippen LogP contribution in [-0.2, 0) is 6.42 Å². The van der Waals surface area contributed by atoms with Gasteiger partial charge in [0.25, 0.3) is 0 Å². The van der Waals surface area contributed by atoms with Gasteiger partial charge >= 0.3 is 0 Å². The van der Waals surface area contributed by atoms with Gasteiger partial charge in [-0.25, -0.2) is 0 Å². The van der Waals surface area contributed by atoms with Crippen LogP contribution < -0.4 is 0 Å². The van der Waals surface area contributed by atoms with Crippen molar-refractivity contribution < 1.29 is 5.11 Å². The Kier molecular flexibility index (Phi) is 11.7. The summed E-state index contributed by atoms with van der Waals surface area (Å²) >= 11 is 1.71. The molecule has 0 saturated heterocycles. The molecule has 0 amide bonds. The summed E-state index contributed by atoms with van der Waals surface area (Å²) in [4.78, 5) is 0. The molecule has 1 aromatic carbocycles. The van der Waals surface area contributed by atoms with Gasteiger partial charge in [0, 0.05) is 12.2 Å². The van der Waals surface area contributed by atoms with Crippen LogP contribution in [0.2, 0.25) is 0 Å². The van der Waals surface area contributed by atoms with Crippen molar-refractivity contribution in [1.82, 2.24) is 14.9 Å². The molecule has 1 atom stereocenters. The number of hydrogen-bond acceptors (Lipinski definition) is 5. The molecule has 0 unspecified atom stereocenters. The fourth-order valence-electron chi connectivity index (χ4n) is 4.07. The van der Waals surface area contributed by atoms with Gasteiger partial charge in [0.15, 0.2) is 5.82 Å². The van der Waals surface area contributed by atoms with Crippen molar-refractivity contribution in [3.8, 4) is 0 Å². The van der Waals surface area contributed by atoms with E-state index in [4.69, 9.17) is 5.10 Å². The van der Waals surface area contributed by atoms with Crippen LogP contribution in [-0.4, -0.2) is 37.5 Å². The molecule has 0 spiro atoms. The van der Waals surface area contributed by atoms with E-state index in [1.54, 1.807) is 11.8 Å². The van der Waals surface area contributed by atoms with Crippen LogP contribution in [0, 0.1) is 0 Å². The fraction of sp³-hybridized carbons (Fsp3) is 0.593. The Morgan fingerprint density at radius 3 is 2.61 bits per heavy atom. The van der Waals surface area contributed by atoms with Gasteiger partial charge in [-0.3, -0.25) is 0 Å². The molecule has 0 fully saturated rings. The molecule has 3 rings (SSSR count). The smallest absolute Gasteiger partial charge is 0.212 e. The minimum atomic E-state index is -0.160. The lowest BCUT2D eigenvalue weighted by molar-refractivity contribution is 0.163. The van der Waals surface area contributed by atoms with Gasteiger partial charge in [-0.2, -0.15) is 9.78 Å². The summed E-state index contributed by atoms with van der Waals surface area (Å²) in [6.45, 7) is 2.22. The highest BCUT2D eigenvalue weighted by molar-refractivity contribution is 7.99. The van der Waals surface area contributed by atoms with Crippen LogP contribution in [0.5, 0.6) is 0 Å². The molecule has 0 bridgehead atoms. The zero-order valence-electron chi connectivity index (χ0n) is 20.2. The summed E-state index contributed by atoms with van der Waals surface area (Å²) in [6.07, 6.45) is 19.1. The van der Waals surface area contributed by atoms with Crippen LogP contribution >= 0.6 is 11.8 Å². The van der Waals surface area contributed by atoms with E-state index in [-0.39, 0.29) is 6.10 Å². The van der Waals surface area contributed by atoms with Crippen molar-refractivity contribution in [3.63, 3.8) is 0 Å². The van der Waals surface area contributed by atoms with Crippen molar-refractivity contribution in [3.05, 3.63) is 53.9 Å². The molecule has 2 aromatic rings. The Bertz CT molecular complexity index is 862. The lowest BCUT2D eigenvalue weighted by Crippen LogP contribution is -2.14. The van der Waals surface area contributed by atoms with Gasteiger partial charge in [-0.1, -0.05) is 106 Å². The Morgan fingerprint density at radius 1 is 0.970 bits per heavy atom. The number of nitrogens with zero attached hydrogens (tertiary/aromatic N) is 4. The van der Waals surface area contributed by atoms with Crippen molar-refractivity contribution in [1.29, 1.82) is 0 Å². The molecule has 0 radical (unpaired) electrons. The maximum Gasteiger partial charge on any atom is 0.212 e. The van der Waals surface area contributed by atoms with Gasteiger partial charge in [0.05, 0.1) is 11.8 Å². The molecule has 6 heteroatoms. The first-order valence-electron chi connectivity index (χ1n) is 12.8. The molecular formula is C27H40N4OS.